The van der Waals surface area contributed by atoms with Gasteiger partial charge in [-0.1, -0.05) is 0 Å². The van der Waals surface area contributed by atoms with E-state index in [9.17, 15) is 14.7 Å². The normalized spacial score (nSPS) is 45.9. The van der Waals surface area contributed by atoms with Crippen molar-refractivity contribution in [1.82, 2.24) is 26.2 Å². The topological polar surface area (TPSA) is 115 Å². The first-order valence-corrected chi connectivity index (χ1v) is 14.5. The third-order valence-electron chi connectivity index (χ3n) is 8.80. The van der Waals surface area contributed by atoms with Crippen molar-refractivity contribution in [2.45, 2.75) is 79.6 Å². The van der Waals surface area contributed by atoms with E-state index in [1.54, 1.807) is 18.9 Å². The SMILES string of the molecule is COC1CNC(Cl)CC1C1CC(C)NCC1C(=O)NC1NC2CN(C(=O)C3CCC(O)C3)CC2S1. The molecule has 0 aromatic heterocycles. The number of nitrogens with zero attached hydrogens (tertiary/aromatic N) is 1. The maximum Gasteiger partial charge on any atom is 0.226 e. The predicted molar refractivity (Wildman–Crippen MR) is 136 cm³/mol. The van der Waals surface area contributed by atoms with Gasteiger partial charge in [0.1, 0.15) is 5.50 Å². The zero-order chi connectivity index (χ0) is 24.7. The lowest BCUT2D eigenvalue weighted by atomic mass is 9.70. The van der Waals surface area contributed by atoms with Crippen LogP contribution in [0.3, 0.4) is 0 Å². The Hall–Kier alpha value is -0.620. The van der Waals surface area contributed by atoms with Crippen LogP contribution in [0, 0.1) is 23.7 Å². The van der Waals surface area contributed by atoms with E-state index in [2.05, 4.69) is 28.2 Å². The maximum absolute atomic E-state index is 13.5. The van der Waals surface area contributed by atoms with Crippen molar-refractivity contribution >= 4 is 35.2 Å². The number of likely N-dealkylation sites (tertiary alicyclic amines) is 1. The quantitative estimate of drug-likeness (QED) is 0.255. The molecule has 0 aromatic carbocycles. The van der Waals surface area contributed by atoms with Crippen LogP contribution >= 0.6 is 23.4 Å². The summed E-state index contributed by atoms with van der Waals surface area (Å²) in [6.07, 6.45) is 3.54. The molecule has 5 rings (SSSR count). The zero-order valence-electron chi connectivity index (χ0n) is 20.6. The van der Waals surface area contributed by atoms with Crippen molar-refractivity contribution in [3.63, 3.8) is 0 Å². The number of piperidine rings is 2. The van der Waals surface area contributed by atoms with E-state index >= 15 is 0 Å². The molecule has 1 saturated carbocycles. The summed E-state index contributed by atoms with van der Waals surface area (Å²) < 4.78 is 5.79. The number of hydrogen-bond acceptors (Lipinski definition) is 8. The van der Waals surface area contributed by atoms with Crippen molar-refractivity contribution in [2.24, 2.45) is 23.7 Å². The van der Waals surface area contributed by atoms with Crippen LogP contribution in [0.2, 0.25) is 0 Å². The van der Waals surface area contributed by atoms with E-state index in [1.807, 2.05) is 4.90 Å². The van der Waals surface area contributed by atoms with Crippen molar-refractivity contribution in [1.29, 1.82) is 0 Å². The molecule has 0 spiro atoms. The molecule has 11 unspecified atom stereocenters. The molecule has 0 aromatic rings. The number of fused-ring (bicyclic) bond motifs is 1. The Balaban J connectivity index is 1.16. The number of methoxy groups -OCH3 is 1. The predicted octanol–water partition coefficient (Wildman–Crippen LogP) is 0.267. The summed E-state index contributed by atoms with van der Waals surface area (Å²) in [6.45, 7) is 4.91. The number of rotatable bonds is 5. The summed E-state index contributed by atoms with van der Waals surface area (Å²) in [5.41, 5.74) is -0.236. The number of ether oxygens (including phenoxy) is 1. The molecule has 0 radical (unpaired) electrons. The summed E-state index contributed by atoms with van der Waals surface area (Å²) in [7, 11) is 1.74. The molecule has 198 valence electrons. The summed E-state index contributed by atoms with van der Waals surface area (Å²) in [5, 5.41) is 23.7. The third-order valence-corrected chi connectivity index (χ3v) is 10.5. The number of aliphatic hydroxyl groups is 1. The van der Waals surface area contributed by atoms with Crippen molar-refractivity contribution in [3.05, 3.63) is 0 Å². The zero-order valence-corrected chi connectivity index (χ0v) is 22.2. The first-order chi connectivity index (χ1) is 16.8. The highest BCUT2D eigenvalue weighted by atomic mass is 35.5. The minimum Gasteiger partial charge on any atom is -0.393 e. The first kappa shape index (κ1) is 26.0. The fourth-order valence-corrected chi connectivity index (χ4v) is 8.59. The fraction of sp³-hybridized carbons (Fsp3) is 0.917. The molecular weight excluding hydrogens is 490 g/mol. The van der Waals surface area contributed by atoms with Crippen LogP contribution in [0.5, 0.6) is 0 Å². The van der Waals surface area contributed by atoms with Gasteiger partial charge in [-0.05, 0) is 50.9 Å². The van der Waals surface area contributed by atoms with Gasteiger partial charge in [-0.15, -0.1) is 23.4 Å². The summed E-state index contributed by atoms with van der Waals surface area (Å²) in [4.78, 5) is 28.3. The second kappa shape index (κ2) is 11.0. The molecule has 4 heterocycles. The smallest absolute Gasteiger partial charge is 0.226 e. The van der Waals surface area contributed by atoms with Gasteiger partial charge >= 0.3 is 0 Å². The van der Waals surface area contributed by atoms with Crippen molar-refractivity contribution in [3.8, 4) is 0 Å². The Morgan fingerprint density at radius 2 is 1.94 bits per heavy atom. The molecule has 11 atom stereocenters. The lowest BCUT2D eigenvalue weighted by molar-refractivity contribution is -0.134. The summed E-state index contributed by atoms with van der Waals surface area (Å²) >= 11 is 8.17. The molecule has 5 aliphatic rings. The molecule has 5 N–H and O–H groups in total. The van der Waals surface area contributed by atoms with Gasteiger partial charge in [-0.25, -0.2) is 0 Å². The molecular formula is C24H40ClN5O4S. The highest BCUT2D eigenvalue weighted by Crippen LogP contribution is 2.39. The minimum absolute atomic E-state index is 0.0408. The minimum atomic E-state index is -0.335. The Kier molecular flexibility index (Phi) is 8.18. The van der Waals surface area contributed by atoms with Gasteiger partial charge in [-0.3, -0.25) is 20.2 Å². The maximum atomic E-state index is 13.5. The number of carbonyl (C=O) groups excluding carboxylic acids is 2. The van der Waals surface area contributed by atoms with E-state index < -0.39 is 0 Å². The highest BCUT2D eigenvalue weighted by molar-refractivity contribution is 8.00. The van der Waals surface area contributed by atoms with Gasteiger partial charge in [0.25, 0.3) is 0 Å². The molecule has 9 nitrogen and oxygen atoms in total. The molecule has 0 bridgehead atoms. The van der Waals surface area contributed by atoms with Crippen molar-refractivity contribution in [2.75, 3.05) is 33.3 Å². The van der Waals surface area contributed by atoms with Crippen molar-refractivity contribution < 1.29 is 19.4 Å². The number of aliphatic hydroxyl groups excluding tert-OH is 1. The molecule has 4 saturated heterocycles. The number of halogens is 1. The van der Waals surface area contributed by atoms with Gasteiger partial charge in [-0.2, -0.15) is 0 Å². The number of amides is 2. The van der Waals surface area contributed by atoms with Crippen LogP contribution in [0.4, 0.5) is 0 Å². The number of hydrogen-bond donors (Lipinski definition) is 5. The standard InChI is InChI=1S/C24H40ClN5O4S/c1-12-5-15(16-7-21(25)27-9-19(16)34-2)17(8-26-12)22(32)29-24-28-18-10-30(11-20(18)35-24)23(33)13-3-4-14(31)6-13/h12-21,24,26-28,31H,3-11H2,1-2H3,(H,29,32). The van der Waals surface area contributed by atoms with E-state index in [4.69, 9.17) is 16.3 Å². The number of alkyl halides is 1. The molecule has 35 heavy (non-hydrogen) atoms. The average molecular weight is 530 g/mol. The van der Waals surface area contributed by atoms with Gasteiger partial charge < -0.3 is 25.4 Å². The Morgan fingerprint density at radius 3 is 2.66 bits per heavy atom. The second-order valence-electron chi connectivity index (χ2n) is 11.1. The lowest BCUT2D eigenvalue weighted by Crippen LogP contribution is -2.57. The van der Waals surface area contributed by atoms with Gasteiger partial charge in [0, 0.05) is 56.5 Å². The van der Waals surface area contributed by atoms with Crippen LogP contribution < -0.4 is 21.3 Å². The monoisotopic (exact) mass is 529 g/mol. The Morgan fingerprint density at radius 1 is 1.11 bits per heavy atom. The summed E-state index contributed by atoms with van der Waals surface area (Å²) in [5.74, 6) is 0.524. The lowest BCUT2D eigenvalue weighted by Gasteiger charge is -2.45. The van der Waals surface area contributed by atoms with E-state index in [1.165, 1.54) is 0 Å². The van der Waals surface area contributed by atoms with E-state index in [0.29, 0.717) is 38.6 Å². The van der Waals surface area contributed by atoms with Crippen LogP contribution in [-0.2, 0) is 14.3 Å². The Labute approximate surface area is 217 Å². The molecule has 11 heteroatoms. The van der Waals surface area contributed by atoms with Gasteiger partial charge in [0.2, 0.25) is 11.8 Å². The molecule has 5 fully saturated rings. The van der Waals surface area contributed by atoms with Crippen LogP contribution in [0.25, 0.3) is 0 Å². The van der Waals surface area contributed by atoms with Crippen LogP contribution in [0.1, 0.15) is 39.0 Å². The first-order valence-electron chi connectivity index (χ1n) is 13.1. The van der Waals surface area contributed by atoms with Gasteiger partial charge in [0.15, 0.2) is 0 Å². The molecule has 4 aliphatic heterocycles. The number of nitrogens with one attached hydrogen (secondary N) is 4. The number of carbonyl (C=O) groups is 2. The highest BCUT2D eigenvalue weighted by Gasteiger charge is 2.47. The van der Waals surface area contributed by atoms with Crippen LogP contribution in [-0.4, -0.2) is 95.7 Å². The third kappa shape index (κ3) is 5.63. The van der Waals surface area contributed by atoms with E-state index in [-0.39, 0.29) is 70.0 Å². The van der Waals surface area contributed by atoms with Gasteiger partial charge in [0.05, 0.1) is 23.6 Å². The van der Waals surface area contributed by atoms with E-state index in [0.717, 1.165) is 25.7 Å². The molecule has 2 amide bonds. The number of thioether (sulfide) groups is 1. The van der Waals surface area contributed by atoms with Crippen LogP contribution in [0.15, 0.2) is 0 Å². The second-order valence-corrected chi connectivity index (χ2v) is 13.0. The summed E-state index contributed by atoms with van der Waals surface area (Å²) in [6, 6.07) is 0.535. The molecule has 1 aliphatic carbocycles. The largest absolute Gasteiger partial charge is 0.393 e. The fourth-order valence-electron chi connectivity index (χ4n) is 6.89. The average Bonchev–Trinajstić information content (AvgIpc) is 3.53. The Bertz CT molecular complexity index is 781.